The van der Waals surface area contributed by atoms with Crippen LogP contribution in [0.2, 0.25) is 0 Å². The summed E-state index contributed by atoms with van der Waals surface area (Å²) in [5.74, 6) is -0.0340. The maximum absolute atomic E-state index is 13.1. The Morgan fingerprint density at radius 3 is 2.80 bits per heavy atom. The first kappa shape index (κ1) is 16.2. The number of hydrogen-bond donors (Lipinski definition) is 1. The van der Waals surface area contributed by atoms with Crippen LogP contribution in [0.1, 0.15) is 37.4 Å². The monoisotopic (exact) mass is 339 g/mol. The Bertz CT molecular complexity index is 792. The van der Waals surface area contributed by atoms with E-state index in [4.69, 9.17) is 0 Å². The van der Waals surface area contributed by atoms with Crippen molar-refractivity contribution in [2.45, 2.75) is 37.3 Å². The van der Waals surface area contributed by atoms with Gasteiger partial charge in [-0.25, -0.2) is 4.39 Å². The van der Waals surface area contributed by atoms with Crippen LogP contribution in [0.4, 0.5) is 4.39 Å². The number of likely N-dealkylation sites (tertiary alicyclic amines) is 1. The van der Waals surface area contributed by atoms with Gasteiger partial charge in [0.2, 0.25) is 5.91 Å². The van der Waals surface area contributed by atoms with Crippen LogP contribution in [0.15, 0.2) is 42.6 Å². The zero-order valence-electron chi connectivity index (χ0n) is 14.3. The SMILES string of the molecule is CN1CCCC2(CCC(c3cc(-c4ccc(F)cc4)ccn3)N2)C1=O. The van der Waals surface area contributed by atoms with Gasteiger partial charge in [0.1, 0.15) is 5.82 Å². The van der Waals surface area contributed by atoms with Crippen LogP contribution < -0.4 is 5.32 Å². The van der Waals surface area contributed by atoms with Crippen molar-refractivity contribution in [3.63, 3.8) is 0 Å². The molecule has 3 heterocycles. The first-order valence-electron chi connectivity index (χ1n) is 8.83. The van der Waals surface area contributed by atoms with E-state index in [1.165, 1.54) is 12.1 Å². The number of hydrogen-bond acceptors (Lipinski definition) is 3. The second-order valence-electron chi connectivity index (χ2n) is 7.12. The lowest BCUT2D eigenvalue weighted by atomic mass is 9.87. The number of nitrogens with one attached hydrogen (secondary N) is 1. The van der Waals surface area contributed by atoms with Crippen molar-refractivity contribution in [2.75, 3.05) is 13.6 Å². The predicted molar refractivity (Wildman–Crippen MR) is 94.3 cm³/mol. The van der Waals surface area contributed by atoms with Crippen molar-refractivity contribution >= 4 is 5.91 Å². The molecule has 1 amide bonds. The molecule has 2 aliphatic heterocycles. The lowest BCUT2D eigenvalue weighted by Crippen LogP contribution is -2.57. The number of amides is 1. The number of carbonyl (C=O) groups excluding carboxylic acids is 1. The Labute approximate surface area is 147 Å². The average Bonchev–Trinajstić information content (AvgIpc) is 3.06. The number of likely N-dealkylation sites (N-methyl/N-ethyl adjacent to an activating group) is 1. The molecule has 1 aromatic carbocycles. The largest absolute Gasteiger partial charge is 0.344 e. The highest BCUT2D eigenvalue weighted by Crippen LogP contribution is 2.38. The molecule has 0 aliphatic carbocycles. The Morgan fingerprint density at radius 2 is 2.00 bits per heavy atom. The Morgan fingerprint density at radius 1 is 1.20 bits per heavy atom. The molecule has 1 N–H and O–H groups in total. The van der Waals surface area contributed by atoms with E-state index in [9.17, 15) is 9.18 Å². The van der Waals surface area contributed by atoms with Crippen LogP contribution in [0.25, 0.3) is 11.1 Å². The Balaban J connectivity index is 1.58. The number of rotatable bonds is 2. The van der Waals surface area contributed by atoms with Gasteiger partial charge in [-0.1, -0.05) is 12.1 Å². The van der Waals surface area contributed by atoms with Gasteiger partial charge in [-0.3, -0.25) is 15.1 Å². The van der Waals surface area contributed by atoms with Crippen LogP contribution >= 0.6 is 0 Å². The van der Waals surface area contributed by atoms with E-state index in [-0.39, 0.29) is 17.8 Å². The molecule has 4 nitrogen and oxygen atoms in total. The van der Waals surface area contributed by atoms with Gasteiger partial charge in [-0.05, 0) is 61.1 Å². The highest BCUT2D eigenvalue weighted by atomic mass is 19.1. The molecule has 2 fully saturated rings. The summed E-state index contributed by atoms with van der Waals surface area (Å²) in [5, 5.41) is 3.58. The summed E-state index contributed by atoms with van der Waals surface area (Å²) in [5.41, 5.74) is 2.50. The van der Waals surface area contributed by atoms with Crippen molar-refractivity contribution in [3.8, 4) is 11.1 Å². The minimum atomic E-state index is -0.425. The molecule has 130 valence electrons. The lowest BCUT2D eigenvalue weighted by molar-refractivity contribution is -0.139. The van der Waals surface area contributed by atoms with Crippen molar-refractivity contribution < 1.29 is 9.18 Å². The third-order valence-corrected chi connectivity index (χ3v) is 5.48. The van der Waals surface area contributed by atoms with E-state index in [0.717, 1.165) is 49.0 Å². The van der Waals surface area contributed by atoms with Gasteiger partial charge in [0.05, 0.1) is 17.3 Å². The summed E-state index contributed by atoms with van der Waals surface area (Å²) < 4.78 is 13.1. The first-order chi connectivity index (χ1) is 12.1. The molecular formula is C20H22FN3O. The zero-order chi connectivity index (χ0) is 17.4. The molecule has 2 aliphatic rings. The van der Waals surface area contributed by atoms with Crippen LogP contribution in [0.3, 0.4) is 0 Å². The van der Waals surface area contributed by atoms with Crippen molar-refractivity contribution in [3.05, 3.63) is 54.1 Å². The molecule has 5 heteroatoms. The van der Waals surface area contributed by atoms with Gasteiger partial charge in [0, 0.05) is 19.8 Å². The molecule has 0 bridgehead atoms. The summed E-state index contributed by atoms with van der Waals surface area (Å²) >= 11 is 0. The number of aromatic nitrogens is 1. The van der Waals surface area contributed by atoms with Crippen LogP contribution in [-0.4, -0.2) is 34.9 Å². The highest BCUT2D eigenvalue weighted by Gasteiger charge is 2.48. The fourth-order valence-corrected chi connectivity index (χ4v) is 4.11. The first-order valence-corrected chi connectivity index (χ1v) is 8.83. The lowest BCUT2D eigenvalue weighted by Gasteiger charge is -2.38. The van der Waals surface area contributed by atoms with Gasteiger partial charge >= 0.3 is 0 Å². The van der Waals surface area contributed by atoms with Gasteiger partial charge in [-0.15, -0.1) is 0 Å². The summed E-state index contributed by atoms with van der Waals surface area (Å²) in [7, 11) is 1.88. The smallest absolute Gasteiger partial charge is 0.242 e. The zero-order valence-corrected chi connectivity index (χ0v) is 14.3. The summed E-state index contributed by atoms with van der Waals surface area (Å²) in [4.78, 5) is 19.0. The van der Waals surface area contributed by atoms with Crippen LogP contribution in [-0.2, 0) is 4.79 Å². The Kier molecular flexibility index (Phi) is 4.04. The van der Waals surface area contributed by atoms with Crippen molar-refractivity contribution in [1.29, 1.82) is 0 Å². The molecule has 2 aromatic rings. The van der Waals surface area contributed by atoms with Gasteiger partial charge < -0.3 is 4.90 Å². The number of benzene rings is 1. The number of nitrogens with zero attached hydrogens (tertiary/aromatic N) is 2. The number of halogens is 1. The second kappa shape index (κ2) is 6.23. The van der Waals surface area contributed by atoms with Crippen molar-refractivity contribution in [2.24, 2.45) is 0 Å². The fraction of sp³-hybridized carbons (Fsp3) is 0.400. The minimum Gasteiger partial charge on any atom is -0.344 e. The third-order valence-electron chi connectivity index (χ3n) is 5.48. The van der Waals surface area contributed by atoms with E-state index in [1.807, 2.05) is 24.1 Å². The summed E-state index contributed by atoms with van der Waals surface area (Å²) in [6.45, 7) is 0.839. The van der Waals surface area contributed by atoms with Crippen LogP contribution in [0.5, 0.6) is 0 Å². The molecule has 25 heavy (non-hydrogen) atoms. The minimum absolute atomic E-state index is 0.0795. The normalized spacial score (nSPS) is 26.4. The second-order valence-corrected chi connectivity index (χ2v) is 7.12. The van der Waals surface area contributed by atoms with E-state index in [1.54, 1.807) is 18.3 Å². The molecule has 2 atom stereocenters. The molecule has 2 unspecified atom stereocenters. The number of piperidine rings is 1. The standard InChI is InChI=1S/C20H22FN3O/c1-24-12-2-9-20(19(24)25)10-7-17(23-20)18-13-15(8-11-22-18)14-3-5-16(21)6-4-14/h3-6,8,11,13,17,23H,2,7,9-10,12H2,1H3. The number of pyridine rings is 1. The molecule has 0 saturated carbocycles. The van der Waals surface area contributed by atoms with Gasteiger partial charge in [0.25, 0.3) is 0 Å². The maximum Gasteiger partial charge on any atom is 0.242 e. The maximum atomic E-state index is 13.1. The van der Waals surface area contributed by atoms with E-state index >= 15 is 0 Å². The molecular weight excluding hydrogens is 317 g/mol. The summed E-state index contributed by atoms with van der Waals surface area (Å²) in [6, 6.07) is 10.5. The quantitative estimate of drug-likeness (QED) is 0.913. The van der Waals surface area contributed by atoms with Gasteiger partial charge in [-0.2, -0.15) is 0 Å². The summed E-state index contributed by atoms with van der Waals surface area (Å²) in [6.07, 6.45) is 5.47. The van der Waals surface area contributed by atoms with Crippen LogP contribution in [0, 0.1) is 5.82 Å². The topological polar surface area (TPSA) is 45.2 Å². The van der Waals surface area contributed by atoms with E-state index in [2.05, 4.69) is 10.3 Å². The molecule has 2 saturated heterocycles. The fourth-order valence-electron chi connectivity index (χ4n) is 4.11. The van der Waals surface area contributed by atoms with Crippen molar-refractivity contribution in [1.82, 2.24) is 15.2 Å². The molecule has 1 spiro atoms. The number of carbonyl (C=O) groups is 1. The third kappa shape index (κ3) is 2.93. The van der Waals surface area contributed by atoms with E-state index < -0.39 is 5.54 Å². The van der Waals surface area contributed by atoms with E-state index in [0.29, 0.717) is 0 Å². The predicted octanol–water partition coefficient (Wildman–Crippen LogP) is 3.30. The van der Waals surface area contributed by atoms with Gasteiger partial charge in [0.15, 0.2) is 0 Å². The highest BCUT2D eigenvalue weighted by molar-refractivity contribution is 5.87. The molecule has 4 rings (SSSR count). The Hall–Kier alpha value is -2.27. The average molecular weight is 339 g/mol. The molecule has 1 aromatic heterocycles. The molecule has 0 radical (unpaired) electrons.